The highest BCUT2D eigenvalue weighted by Crippen LogP contribution is 2.31. The summed E-state index contributed by atoms with van der Waals surface area (Å²) in [4.78, 5) is 0. The number of thioether (sulfide) groups is 2. The van der Waals surface area contributed by atoms with Crippen LogP contribution in [0.4, 0.5) is 0 Å². The highest BCUT2D eigenvalue weighted by molar-refractivity contribution is 8.04. The van der Waals surface area contributed by atoms with Crippen LogP contribution < -0.4 is 5.32 Å². The maximum atomic E-state index is 4.54. The van der Waals surface area contributed by atoms with Crippen LogP contribution in [0.1, 0.15) is 12.8 Å². The predicted molar refractivity (Wildman–Crippen MR) is 95.1 cm³/mol. The maximum absolute atomic E-state index is 4.54. The van der Waals surface area contributed by atoms with Crippen molar-refractivity contribution in [2.75, 3.05) is 35.3 Å². The van der Waals surface area contributed by atoms with Gasteiger partial charge in [-0.3, -0.25) is 0 Å². The third-order valence-corrected chi connectivity index (χ3v) is 7.54. The molecule has 17 heavy (non-hydrogen) atoms. The van der Waals surface area contributed by atoms with Crippen LogP contribution >= 0.6 is 61.4 Å². The lowest BCUT2D eigenvalue weighted by Gasteiger charge is -2.30. The molecule has 102 valence electrons. The Balaban J connectivity index is 2.50. The van der Waals surface area contributed by atoms with Gasteiger partial charge < -0.3 is 5.32 Å². The molecule has 1 aliphatic rings. The summed E-state index contributed by atoms with van der Waals surface area (Å²) in [6.07, 6.45) is 2.63. The Morgan fingerprint density at radius 2 is 1.82 bits per heavy atom. The number of thiol groups is 3. The van der Waals surface area contributed by atoms with Gasteiger partial charge in [0.25, 0.3) is 0 Å². The van der Waals surface area contributed by atoms with E-state index in [1.807, 2.05) is 11.8 Å². The van der Waals surface area contributed by atoms with Crippen molar-refractivity contribution in [1.29, 1.82) is 0 Å². The van der Waals surface area contributed by atoms with Gasteiger partial charge in [-0.05, 0) is 30.9 Å². The lowest BCUT2D eigenvalue weighted by Crippen LogP contribution is -2.40. The standard InChI is InChI=1S/C11H23NS5/c13-4-6-16-10(8-15)11(17-7-5-14)9-2-1-3-12-9/h9-15H,1-8H2. The van der Waals surface area contributed by atoms with Crippen molar-refractivity contribution >= 4 is 61.4 Å². The smallest absolute Gasteiger partial charge is 0.0328 e. The minimum atomic E-state index is 0.631. The van der Waals surface area contributed by atoms with Crippen LogP contribution in [-0.4, -0.2) is 51.9 Å². The van der Waals surface area contributed by atoms with Gasteiger partial charge in [0.1, 0.15) is 0 Å². The normalized spacial score (nSPS) is 23.8. The number of hydrogen-bond acceptors (Lipinski definition) is 6. The third-order valence-electron chi connectivity index (χ3n) is 2.87. The van der Waals surface area contributed by atoms with Gasteiger partial charge in [0, 0.05) is 33.8 Å². The van der Waals surface area contributed by atoms with E-state index in [4.69, 9.17) is 0 Å². The second kappa shape index (κ2) is 10.5. The highest BCUT2D eigenvalue weighted by atomic mass is 32.2. The summed E-state index contributed by atoms with van der Waals surface area (Å²) in [6.45, 7) is 1.18. The average molecular weight is 330 g/mol. The fraction of sp³-hybridized carbons (Fsp3) is 1.00. The molecule has 1 saturated heterocycles. The fourth-order valence-electron chi connectivity index (χ4n) is 2.12. The molecule has 1 N–H and O–H groups in total. The van der Waals surface area contributed by atoms with Gasteiger partial charge in [-0.2, -0.15) is 61.4 Å². The molecule has 1 heterocycles. The lowest BCUT2D eigenvalue weighted by atomic mass is 10.1. The second-order valence-electron chi connectivity index (χ2n) is 4.08. The molecule has 0 aromatic carbocycles. The Morgan fingerprint density at radius 1 is 1.12 bits per heavy atom. The number of nitrogens with one attached hydrogen (secondary N) is 1. The zero-order chi connectivity index (χ0) is 12.5. The molecule has 0 bridgehead atoms. The topological polar surface area (TPSA) is 12.0 Å². The summed E-state index contributed by atoms with van der Waals surface area (Å²) in [5, 5.41) is 4.95. The second-order valence-corrected chi connectivity index (χ2v) is 7.97. The summed E-state index contributed by atoms with van der Waals surface area (Å²) in [5.41, 5.74) is 0. The zero-order valence-electron chi connectivity index (χ0n) is 10.0. The van der Waals surface area contributed by atoms with E-state index in [1.54, 1.807) is 0 Å². The van der Waals surface area contributed by atoms with Gasteiger partial charge >= 0.3 is 0 Å². The largest absolute Gasteiger partial charge is 0.313 e. The molecule has 3 atom stereocenters. The Hall–Kier alpha value is 1.71. The van der Waals surface area contributed by atoms with Crippen molar-refractivity contribution in [2.24, 2.45) is 0 Å². The van der Waals surface area contributed by atoms with E-state index in [0.717, 1.165) is 28.8 Å². The molecule has 0 saturated carbocycles. The van der Waals surface area contributed by atoms with Crippen molar-refractivity contribution in [2.45, 2.75) is 29.4 Å². The van der Waals surface area contributed by atoms with Crippen LogP contribution in [0.15, 0.2) is 0 Å². The van der Waals surface area contributed by atoms with E-state index in [-0.39, 0.29) is 0 Å². The zero-order valence-corrected chi connectivity index (χ0v) is 14.4. The molecular weight excluding hydrogens is 306 g/mol. The molecule has 0 aliphatic carbocycles. The molecule has 1 nitrogen and oxygen atoms in total. The first kappa shape index (κ1) is 16.8. The molecule has 3 unspecified atom stereocenters. The fourth-order valence-corrected chi connectivity index (χ4v) is 5.95. The van der Waals surface area contributed by atoms with Gasteiger partial charge in [-0.1, -0.05) is 0 Å². The van der Waals surface area contributed by atoms with E-state index in [0.29, 0.717) is 16.5 Å². The maximum Gasteiger partial charge on any atom is 0.0328 e. The Labute approximate surface area is 131 Å². The van der Waals surface area contributed by atoms with Crippen molar-refractivity contribution in [3.8, 4) is 0 Å². The predicted octanol–water partition coefficient (Wildman–Crippen LogP) is 2.73. The molecule has 6 heteroatoms. The summed E-state index contributed by atoms with van der Waals surface area (Å²) < 4.78 is 0. The molecule has 0 spiro atoms. The average Bonchev–Trinajstić information content (AvgIpc) is 2.87. The lowest BCUT2D eigenvalue weighted by molar-refractivity contribution is 0.574. The van der Waals surface area contributed by atoms with Crippen molar-refractivity contribution in [1.82, 2.24) is 5.32 Å². The van der Waals surface area contributed by atoms with Gasteiger partial charge in [0.05, 0.1) is 0 Å². The third kappa shape index (κ3) is 6.13. The van der Waals surface area contributed by atoms with Crippen LogP contribution in [0.25, 0.3) is 0 Å². The molecule has 1 aliphatic heterocycles. The first-order valence-electron chi connectivity index (χ1n) is 6.12. The van der Waals surface area contributed by atoms with E-state index >= 15 is 0 Å². The van der Waals surface area contributed by atoms with Crippen LogP contribution in [0.5, 0.6) is 0 Å². The Kier molecular flexibility index (Phi) is 10.3. The minimum absolute atomic E-state index is 0.631. The van der Waals surface area contributed by atoms with Crippen LogP contribution in [0, 0.1) is 0 Å². The molecular formula is C11H23NS5. The van der Waals surface area contributed by atoms with Gasteiger partial charge in [0.2, 0.25) is 0 Å². The van der Waals surface area contributed by atoms with Gasteiger partial charge in [-0.25, -0.2) is 0 Å². The first-order chi connectivity index (χ1) is 8.33. The van der Waals surface area contributed by atoms with Gasteiger partial charge in [0.15, 0.2) is 0 Å². The number of hydrogen-bond donors (Lipinski definition) is 4. The van der Waals surface area contributed by atoms with Crippen molar-refractivity contribution < 1.29 is 0 Å². The minimum Gasteiger partial charge on any atom is -0.313 e. The van der Waals surface area contributed by atoms with Crippen LogP contribution in [-0.2, 0) is 0 Å². The highest BCUT2D eigenvalue weighted by Gasteiger charge is 2.31. The molecule has 1 fully saturated rings. The monoisotopic (exact) mass is 329 g/mol. The molecule has 0 amide bonds. The Morgan fingerprint density at radius 3 is 2.35 bits per heavy atom. The SMILES string of the molecule is SCCSC(CS)C(SCCS)C1CCCN1. The van der Waals surface area contributed by atoms with E-state index < -0.39 is 0 Å². The molecule has 0 aromatic rings. The summed E-state index contributed by atoms with van der Waals surface area (Å²) in [5.74, 6) is 5.14. The molecule has 1 rings (SSSR count). The summed E-state index contributed by atoms with van der Waals surface area (Å²) in [7, 11) is 0. The molecule has 0 aromatic heterocycles. The number of rotatable bonds is 9. The summed E-state index contributed by atoms with van der Waals surface area (Å²) in [6, 6.07) is 0.671. The van der Waals surface area contributed by atoms with Crippen molar-refractivity contribution in [3.05, 3.63) is 0 Å². The van der Waals surface area contributed by atoms with E-state index in [2.05, 4.69) is 55.0 Å². The Bertz CT molecular complexity index is 187. The van der Waals surface area contributed by atoms with Gasteiger partial charge in [-0.15, -0.1) is 0 Å². The van der Waals surface area contributed by atoms with E-state index in [9.17, 15) is 0 Å². The first-order valence-corrected chi connectivity index (χ1v) is 10.1. The van der Waals surface area contributed by atoms with Crippen LogP contribution in [0.3, 0.4) is 0 Å². The molecule has 0 radical (unpaired) electrons. The quantitative estimate of drug-likeness (QED) is 0.486. The van der Waals surface area contributed by atoms with E-state index in [1.165, 1.54) is 19.4 Å². The van der Waals surface area contributed by atoms with Crippen LogP contribution in [0.2, 0.25) is 0 Å². The summed E-state index contributed by atoms with van der Waals surface area (Å²) >= 11 is 17.3. The van der Waals surface area contributed by atoms with Crippen molar-refractivity contribution in [3.63, 3.8) is 0 Å².